The molecule has 0 saturated heterocycles. The Labute approximate surface area is 151 Å². The van der Waals surface area contributed by atoms with Crippen LogP contribution >= 0.6 is 28.1 Å². The number of halogens is 1. The van der Waals surface area contributed by atoms with Crippen LogP contribution in [0.25, 0.3) is 0 Å². The Morgan fingerprint density at radius 2 is 2.04 bits per heavy atom. The molecule has 1 heterocycles. The maximum Gasteiger partial charge on any atom is 0.171 e. The summed E-state index contributed by atoms with van der Waals surface area (Å²) < 4.78 is 1.10. The van der Waals surface area contributed by atoms with Crippen molar-refractivity contribution in [1.82, 2.24) is 10.3 Å². The number of aromatic nitrogens is 1. The predicted octanol–water partition coefficient (Wildman–Crippen LogP) is 4.91. The molecule has 1 fully saturated rings. The third-order valence-corrected chi connectivity index (χ3v) is 5.53. The second kappa shape index (κ2) is 6.97. The number of pyridine rings is 1. The highest BCUT2D eigenvalue weighted by Crippen LogP contribution is 2.38. The van der Waals surface area contributed by atoms with Crippen molar-refractivity contribution in [3.05, 3.63) is 58.3 Å². The minimum Gasteiger partial charge on any atom is -0.353 e. The van der Waals surface area contributed by atoms with Gasteiger partial charge in [-0.05, 0) is 67.4 Å². The van der Waals surface area contributed by atoms with Crippen molar-refractivity contribution in [3.63, 3.8) is 0 Å². The number of hydrogen-bond acceptors (Lipinski definition) is 2. The Kier molecular flexibility index (Phi) is 4.97. The summed E-state index contributed by atoms with van der Waals surface area (Å²) in [5.74, 6) is 0. The van der Waals surface area contributed by atoms with E-state index in [2.05, 4.69) is 50.6 Å². The van der Waals surface area contributed by atoms with E-state index in [0.717, 1.165) is 23.0 Å². The molecule has 1 saturated carbocycles. The van der Waals surface area contributed by atoms with Crippen molar-refractivity contribution >= 4 is 38.9 Å². The van der Waals surface area contributed by atoms with E-state index in [-0.39, 0.29) is 5.54 Å². The molecule has 1 aliphatic rings. The molecule has 0 amide bonds. The molecule has 3 nitrogen and oxygen atoms in total. The largest absolute Gasteiger partial charge is 0.353 e. The van der Waals surface area contributed by atoms with Crippen molar-refractivity contribution in [2.24, 2.45) is 0 Å². The second-order valence-corrected chi connectivity index (χ2v) is 7.34. The molecular formula is C18H20BrN3S. The number of rotatable bonds is 3. The van der Waals surface area contributed by atoms with Gasteiger partial charge in [0.05, 0.1) is 5.54 Å². The highest BCUT2D eigenvalue weighted by molar-refractivity contribution is 9.10. The van der Waals surface area contributed by atoms with Crippen molar-refractivity contribution in [2.45, 2.75) is 38.1 Å². The van der Waals surface area contributed by atoms with Gasteiger partial charge in [-0.15, -0.1) is 0 Å². The summed E-state index contributed by atoms with van der Waals surface area (Å²) in [4.78, 5) is 4.28. The molecule has 2 N–H and O–H groups in total. The smallest absolute Gasteiger partial charge is 0.171 e. The molecule has 1 aromatic carbocycles. The first-order valence-corrected chi connectivity index (χ1v) is 9.05. The van der Waals surface area contributed by atoms with E-state index in [4.69, 9.17) is 12.2 Å². The quantitative estimate of drug-likeness (QED) is 0.731. The van der Waals surface area contributed by atoms with Crippen LogP contribution in [-0.2, 0) is 5.54 Å². The van der Waals surface area contributed by atoms with Crippen LogP contribution in [0.3, 0.4) is 0 Å². The summed E-state index contributed by atoms with van der Waals surface area (Å²) in [5.41, 5.74) is 3.31. The van der Waals surface area contributed by atoms with Crippen LogP contribution in [0.1, 0.15) is 36.8 Å². The maximum atomic E-state index is 5.57. The first kappa shape index (κ1) is 16.4. The van der Waals surface area contributed by atoms with Crippen LogP contribution in [-0.4, -0.2) is 10.1 Å². The van der Waals surface area contributed by atoms with Gasteiger partial charge in [-0.25, -0.2) is 0 Å². The van der Waals surface area contributed by atoms with Gasteiger partial charge in [0, 0.05) is 22.6 Å². The van der Waals surface area contributed by atoms with Crippen LogP contribution in [0.15, 0.2) is 47.2 Å². The number of benzene rings is 1. The van der Waals surface area contributed by atoms with Crippen molar-refractivity contribution in [2.75, 3.05) is 5.32 Å². The van der Waals surface area contributed by atoms with Gasteiger partial charge in [0.2, 0.25) is 0 Å². The second-order valence-electron chi connectivity index (χ2n) is 6.07. The molecular weight excluding hydrogens is 370 g/mol. The molecule has 1 aliphatic carbocycles. The van der Waals surface area contributed by atoms with Crippen molar-refractivity contribution in [1.29, 1.82) is 0 Å². The zero-order chi connectivity index (χ0) is 16.3. The number of nitrogens with one attached hydrogen (secondary N) is 2. The number of anilines is 1. The van der Waals surface area contributed by atoms with E-state index in [1.165, 1.54) is 24.0 Å². The molecule has 3 rings (SSSR count). The molecule has 23 heavy (non-hydrogen) atoms. The fourth-order valence-corrected chi connectivity index (χ4v) is 3.77. The van der Waals surface area contributed by atoms with Crippen LogP contribution in [0.4, 0.5) is 5.69 Å². The molecule has 2 aromatic rings. The van der Waals surface area contributed by atoms with Gasteiger partial charge in [0.25, 0.3) is 0 Å². The molecule has 120 valence electrons. The SMILES string of the molecule is Cc1cc(NC(=S)NC2(c3cccnc3)CCCC2)ccc1Br. The van der Waals surface area contributed by atoms with Crippen molar-refractivity contribution in [3.8, 4) is 0 Å². The van der Waals surface area contributed by atoms with E-state index < -0.39 is 0 Å². The monoisotopic (exact) mass is 389 g/mol. The van der Waals surface area contributed by atoms with E-state index in [1.807, 2.05) is 30.6 Å². The molecule has 0 atom stereocenters. The highest BCUT2D eigenvalue weighted by Gasteiger charge is 2.36. The lowest BCUT2D eigenvalue weighted by Crippen LogP contribution is -2.45. The van der Waals surface area contributed by atoms with Crippen LogP contribution in [0.2, 0.25) is 0 Å². The van der Waals surface area contributed by atoms with E-state index in [0.29, 0.717) is 5.11 Å². The minimum atomic E-state index is -0.0945. The molecule has 1 aromatic heterocycles. The molecule has 0 radical (unpaired) electrons. The summed E-state index contributed by atoms with van der Waals surface area (Å²) in [5, 5.41) is 7.53. The molecule has 5 heteroatoms. The van der Waals surface area contributed by atoms with Gasteiger partial charge in [0.1, 0.15) is 0 Å². The zero-order valence-corrected chi connectivity index (χ0v) is 15.5. The van der Waals surface area contributed by atoms with Crippen LogP contribution < -0.4 is 10.6 Å². The van der Waals surface area contributed by atoms with Crippen molar-refractivity contribution < 1.29 is 0 Å². The van der Waals surface area contributed by atoms with Gasteiger partial charge >= 0.3 is 0 Å². The summed E-state index contributed by atoms with van der Waals surface area (Å²) in [6.45, 7) is 2.07. The number of thiocarbonyl (C=S) groups is 1. The Balaban J connectivity index is 1.75. The summed E-state index contributed by atoms with van der Waals surface area (Å²) in [6.07, 6.45) is 8.35. The molecule has 0 bridgehead atoms. The fraction of sp³-hybridized carbons (Fsp3) is 0.333. The fourth-order valence-electron chi connectivity index (χ4n) is 3.21. The lowest BCUT2D eigenvalue weighted by atomic mass is 9.89. The molecule has 0 unspecified atom stereocenters. The lowest BCUT2D eigenvalue weighted by Gasteiger charge is -2.32. The number of aryl methyl sites for hydroxylation is 1. The molecule has 0 aliphatic heterocycles. The minimum absolute atomic E-state index is 0.0945. The first-order chi connectivity index (χ1) is 11.1. The Morgan fingerprint density at radius 1 is 1.26 bits per heavy atom. The van der Waals surface area contributed by atoms with E-state index in [9.17, 15) is 0 Å². The van der Waals surface area contributed by atoms with Gasteiger partial charge < -0.3 is 10.6 Å². The average molecular weight is 390 g/mol. The Morgan fingerprint density at radius 3 is 2.70 bits per heavy atom. The average Bonchev–Trinajstić information content (AvgIpc) is 3.01. The standard InChI is InChI=1S/C18H20BrN3S/c1-13-11-15(6-7-16(13)19)21-17(23)22-18(8-2-3-9-18)14-5-4-10-20-12-14/h4-7,10-12H,2-3,8-9H2,1H3,(H2,21,22,23). The van der Waals surface area contributed by atoms with Gasteiger partial charge in [-0.1, -0.05) is 34.8 Å². The summed E-state index contributed by atoms with van der Waals surface area (Å²) >= 11 is 9.09. The summed E-state index contributed by atoms with van der Waals surface area (Å²) in [7, 11) is 0. The van der Waals surface area contributed by atoms with Crippen LogP contribution in [0, 0.1) is 6.92 Å². The maximum absolute atomic E-state index is 5.57. The van der Waals surface area contributed by atoms with Gasteiger partial charge in [-0.3, -0.25) is 4.98 Å². The Hall–Kier alpha value is -1.46. The number of hydrogen-bond donors (Lipinski definition) is 2. The Bertz CT molecular complexity index is 697. The zero-order valence-electron chi connectivity index (χ0n) is 13.1. The number of nitrogens with zero attached hydrogens (tertiary/aromatic N) is 1. The normalized spacial score (nSPS) is 16.1. The van der Waals surface area contributed by atoms with Crippen LogP contribution in [0.5, 0.6) is 0 Å². The molecule has 0 spiro atoms. The highest BCUT2D eigenvalue weighted by atomic mass is 79.9. The third kappa shape index (κ3) is 3.72. The van der Waals surface area contributed by atoms with Gasteiger partial charge in [-0.2, -0.15) is 0 Å². The lowest BCUT2D eigenvalue weighted by molar-refractivity contribution is 0.407. The topological polar surface area (TPSA) is 37.0 Å². The predicted molar refractivity (Wildman–Crippen MR) is 103 cm³/mol. The first-order valence-electron chi connectivity index (χ1n) is 7.85. The van der Waals surface area contributed by atoms with E-state index >= 15 is 0 Å². The van der Waals surface area contributed by atoms with Gasteiger partial charge in [0.15, 0.2) is 5.11 Å². The third-order valence-electron chi connectivity index (χ3n) is 4.44. The van der Waals surface area contributed by atoms with E-state index in [1.54, 1.807) is 0 Å². The summed E-state index contributed by atoms with van der Waals surface area (Å²) in [6, 6.07) is 10.3.